The number of aromatic amines is 1. The molecule has 0 aliphatic carbocycles. The smallest absolute Gasteiger partial charge is 0.258 e. The van der Waals surface area contributed by atoms with Crippen LogP contribution in [0.1, 0.15) is 11.4 Å². The average molecular weight is 404 g/mol. The molecule has 0 spiro atoms. The molecule has 0 bridgehead atoms. The number of carbonyl (C=O) groups excluding carboxylic acids is 1. The summed E-state index contributed by atoms with van der Waals surface area (Å²) in [5.41, 5.74) is 3.40. The van der Waals surface area contributed by atoms with Gasteiger partial charge in [-0.15, -0.1) is 0 Å². The Labute approximate surface area is 173 Å². The van der Waals surface area contributed by atoms with E-state index in [1.807, 2.05) is 36.0 Å². The molecule has 30 heavy (non-hydrogen) atoms. The minimum atomic E-state index is -0.212. The summed E-state index contributed by atoms with van der Waals surface area (Å²) >= 11 is 0. The van der Waals surface area contributed by atoms with Crippen molar-refractivity contribution >= 4 is 28.6 Å². The first-order valence-corrected chi connectivity index (χ1v) is 9.89. The Bertz CT molecular complexity index is 1250. The number of pyridine rings is 1. The van der Waals surface area contributed by atoms with Gasteiger partial charge in [-0.25, -0.2) is 9.98 Å². The van der Waals surface area contributed by atoms with Crippen LogP contribution < -0.4 is 21.3 Å². The highest BCUT2D eigenvalue weighted by Crippen LogP contribution is 2.19. The first-order valence-electron chi connectivity index (χ1n) is 9.89. The molecule has 0 amide bonds. The number of aromatic nitrogens is 3. The van der Waals surface area contributed by atoms with E-state index in [0.717, 1.165) is 31.9 Å². The molecule has 0 saturated carbocycles. The number of hydrogen-bond acceptors (Lipinski definition) is 6. The van der Waals surface area contributed by atoms with Gasteiger partial charge in [0.15, 0.2) is 0 Å². The molecule has 8 heteroatoms. The quantitative estimate of drug-likeness (QED) is 0.502. The molecule has 1 aromatic carbocycles. The van der Waals surface area contributed by atoms with Crippen LogP contribution in [0.4, 0.5) is 5.69 Å². The van der Waals surface area contributed by atoms with Gasteiger partial charge in [-0.3, -0.25) is 9.59 Å². The predicted octanol–water partition coefficient (Wildman–Crippen LogP) is 1.12. The second-order valence-corrected chi connectivity index (χ2v) is 7.28. The van der Waals surface area contributed by atoms with E-state index in [9.17, 15) is 9.59 Å². The van der Waals surface area contributed by atoms with Crippen LogP contribution >= 0.6 is 0 Å². The number of fused-ring (bicyclic) bond motifs is 1. The van der Waals surface area contributed by atoms with E-state index in [-0.39, 0.29) is 5.56 Å². The molecule has 1 fully saturated rings. The predicted molar refractivity (Wildman–Crippen MR) is 117 cm³/mol. The summed E-state index contributed by atoms with van der Waals surface area (Å²) in [6.45, 7) is 5.61. The summed E-state index contributed by atoms with van der Waals surface area (Å²) in [5.74, 6) is 0.560. The third-order valence-corrected chi connectivity index (χ3v) is 5.15. The number of allylic oxidation sites excluding steroid dienone is 1. The standard InChI is InChI=1S/C22H24N6O2/c1-15-24-20-5-3-16(13-18(20)22(30)25-15)19(7-12-29)26-21-6-4-17(14-27(21)2)28-10-8-23-9-11-28/h3-7,12-14,23H,8-11H2,1-2H3,(H,24,25,30)/b19-7-,26-21?. The fourth-order valence-corrected chi connectivity index (χ4v) is 3.61. The Morgan fingerprint density at radius 3 is 2.73 bits per heavy atom. The normalized spacial score (nSPS) is 15.6. The number of aldehydes is 1. The molecule has 1 aliphatic heterocycles. The molecule has 2 aromatic heterocycles. The van der Waals surface area contributed by atoms with Crippen molar-refractivity contribution < 1.29 is 4.79 Å². The van der Waals surface area contributed by atoms with E-state index in [1.165, 1.54) is 6.08 Å². The summed E-state index contributed by atoms with van der Waals surface area (Å²) in [5, 5.41) is 3.81. The minimum absolute atomic E-state index is 0.212. The van der Waals surface area contributed by atoms with Gasteiger partial charge in [0.05, 0.1) is 22.3 Å². The maximum Gasteiger partial charge on any atom is 0.258 e. The van der Waals surface area contributed by atoms with Crippen LogP contribution in [-0.2, 0) is 11.8 Å². The van der Waals surface area contributed by atoms with Crippen LogP contribution in [0.3, 0.4) is 0 Å². The zero-order valence-corrected chi connectivity index (χ0v) is 17.1. The maximum absolute atomic E-state index is 12.3. The number of aryl methyl sites for hydroxylation is 2. The molecule has 0 atom stereocenters. The fourth-order valence-electron chi connectivity index (χ4n) is 3.61. The second kappa shape index (κ2) is 8.46. The van der Waals surface area contributed by atoms with Gasteiger partial charge < -0.3 is 19.8 Å². The summed E-state index contributed by atoms with van der Waals surface area (Å²) in [6.07, 6.45) is 4.15. The molecule has 0 unspecified atom stereocenters. The highest BCUT2D eigenvalue weighted by molar-refractivity contribution is 5.86. The molecule has 1 saturated heterocycles. The van der Waals surface area contributed by atoms with Crippen molar-refractivity contribution in [2.75, 3.05) is 31.1 Å². The van der Waals surface area contributed by atoms with Crippen molar-refractivity contribution in [1.82, 2.24) is 19.9 Å². The lowest BCUT2D eigenvalue weighted by Crippen LogP contribution is -2.43. The van der Waals surface area contributed by atoms with Crippen LogP contribution in [0.2, 0.25) is 0 Å². The monoisotopic (exact) mass is 404 g/mol. The Balaban J connectivity index is 1.74. The van der Waals surface area contributed by atoms with Gasteiger partial charge in [0.25, 0.3) is 5.56 Å². The largest absolute Gasteiger partial charge is 0.368 e. The van der Waals surface area contributed by atoms with E-state index >= 15 is 0 Å². The summed E-state index contributed by atoms with van der Waals surface area (Å²) in [6, 6.07) is 9.29. The lowest BCUT2D eigenvalue weighted by atomic mass is 10.1. The Kier molecular flexibility index (Phi) is 5.58. The lowest BCUT2D eigenvalue weighted by Gasteiger charge is -2.29. The van der Waals surface area contributed by atoms with Crippen molar-refractivity contribution in [3.05, 3.63) is 69.8 Å². The van der Waals surface area contributed by atoms with Gasteiger partial charge in [0, 0.05) is 51.1 Å². The molecule has 154 valence electrons. The van der Waals surface area contributed by atoms with Crippen LogP contribution in [-0.4, -0.2) is 47.0 Å². The zero-order valence-electron chi connectivity index (χ0n) is 17.1. The van der Waals surface area contributed by atoms with Crippen LogP contribution in [0.25, 0.3) is 16.6 Å². The Morgan fingerprint density at radius 1 is 1.20 bits per heavy atom. The molecule has 2 N–H and O–H groups in total. The molecule has 4 rings (SSSR count). The number of hydrogen-bond donors (Lipinski definition) is 2. The number of nitrogens with zero attached hydrogens (tertiary/aromatic N) is 4. The Hall–Kier alpha value is -3.52. The average Bonchev–Trinajstić information content (AvgIpc) is 2.75. The number of benzene rings is 1. The summed E-state index contributed by atoms with van der Waals surface area (Å²) < 4.78 is 1.94. The highest BCUT2D eigenvalue weighted by Gasteiger charge is 2.11. The Morgan fingerprint density at radius 2 is 2.00 bits per heavy atom. The fraction of sp³-hybridized carbons (Fsp3) is 0.273. The van der Waals surface area contributed by atoms with Crippen LogP contribution in [0, 0.1) is 6.92 Å². The van der Waals surface area contributed by atoms with E-state index < -0.39 is 0 Å². The topological polar surface area (TPSA) is 95.4 Å². The van der Waals surface area contributed by atoms with E-state index in [1.54, 1.807) is 19.1 Å². The van der Waals surface area contributed by atoms with Crippen LogP contribution in [0.5, 0.6) is 0 Å². The van der Waals surface area contributed by atoms with Crippen LogP contribution in [0.15, 0.2) is 52.4 Å². The summed E-state index contributed by atoms with van der Waals surface area (Å²) in [7, 11) is 1.93. The number of H-pyrrole nitrogens is 1. The lowest BCUT2D eigenvalue weighted by molar-refractivity contribution is -0.104. The molecule has 3 aromatic rings. The van der Waals surface area contributed by atoms with E-state index in [4.69, 9.17) is 0 Å². The van der Waals surface area contributed by atoms with Crippen molar-refractivity contribution in [3.63, 3.8) is 0 Å². The van der Waals surface area contributed by atoms with Gasteiger partial charge in [0.1, 0.15) is 17.6 Å². The first-order chi connectivity index (χ1) is 14.5. The zero-order chi connectivity index (χ0) is 21.1. The molecular weight excluding hydrogens is 380 g/mol. The number of rotatable bonds is 4. The molecule has 0 radical (unpaired) electrons. The summed E-state index contributed by atoms with van der Waals surface area (Å²) in [4.78, 5) is 37.6. The second-order valence-electron chi connectivity index (χ2n) is 7.28. The van der Waals surface area contributed by atoms with Crippen molar-refractivity contribution in [3.8, 4) is 0 Å². The number of anilines is 1. The van der Waals surface area contributed by atoms with Gasteiger partial charge in [-0.05, 0) is 31.2 Å². The van der Waals surface area contributed by atoms with Gasteiger partial charge >= 0.3 is 0 Å². The number of carbonyl (C=O) groups is 1. The highest BCUT2D eigenvalue weighted by atomic mass is 16.1. The van der Waals surface area contributed by atoms with E-state index in [0.29, 0.717) is 39.8 Å². The van der Waals surface area contributed by atoms with Gasteiger partial charge in [0.2, 0.25) is 0 Å². The number of nitrogens with one attached hydrogen (secondary N) is 2. The van der Waals surface area contributed by atoms with E-state index in [2.05, 4.69) is 25.2 Å². The number of piperazine rings is 1. The van der Waals surface area contributed by atoms with Gasteiger partial charge in [-0.2, -0.15) is 0 Å². The molecule has 1 aliphatic rings. The first kappa shape index (κ1) is 19.8. The SMILES string of the molecule is Cc1nc2ccc(/C(=C/C=O)N=c3ccc(N4CCNCC4)cn3C)cc2c(=O)[nH]1. The van der Waals surface area contributed by atoms with Gasteiger partial charge in [-0.1, -0.05) is 6.07 Å². The molecule has 3 heterocycles. The third-order valence-electron chi connectivity index (χ3n) is 5.15. The van der Waals surface area contributed by atoms with Crippen molar-refractivity contribution in [2.45, 2.75) is 6.92 Å². The maximum atomic E-state index is 12.3. The molecule has 8 nitrogen and oxygen atoms in total. The third kappa shape index (κ3) is 4.08. The van der Waals surface area contributed by atoms with Crippen molar-refractivity contribution in [1.29, 1.82) is 0 Å². The minimum Gasteiger partial charge on any atom is -0.368 e. The van der Waals surface area contributed by atoms with Crippen molar-refractivity contribution in [2.24, 2.45) is 12.0 Å². The molecular formula is C22H24N6O2.